The molecule has 3 rings (SSSR count). The molecule has 0 aromatic carbocycles. The molecule has 2 aliphatic rings. The Hall–Kier alpha value is -1.09. The Morgan fingerprint density at radius 3 is 2.60 bits per heavy atom. The summed E-state index contributed by atoms with van der Waals surface area (Å²) >= 11 is 0. The van der Waals surface area contributed by atoms with Crippen LogP contribution in [0.5, 0.6) is 0 Å². The summed E-state index contributed by atoms with van der Waals surface area (Å²) in [5.41, 5.74) is 1.23. The predicted molar refractivity (Wildman–Crippen MR) is 61.1 cm³/mol. The van der Waals surface area contributed by atoms with Gasteiger partial charge in [0.15, 0.2) is 0 Å². The van der Waals surface area contributed by atoms with Crippen molar-refractivity contribution >= 4 is 5.82 Å². The van der Waals surface area contributed by atoms with Crippen molar-refractivity contribution in [2.24, 2.45) is 0 Å². The first-order valence-corrected chi connectivity index (χ1v) is 5.75. The van der Waals surface area contributed by atoms with Gasteiger partial charge in [0.2, 0.25) is 0 Å². The second-order valence-corrected chi connectivity index (χ2v) is 4.74. The average Bonchev–Trinajstić information content (AvgIpc) is 2.59. The lowest BCUT2D eigenvalue weighted by atomic mass is 10.2. The van der Waals surface area contributed by atoms with Gasteiger partial charge in [-0.25, -0.2) is 4.98 Å². The summed E-state index contributed by atoms with van der Waals surface area (Å²) in [4.78, 5) is 6.91. The van der Waals surface area contributed by atoms with Gasteiger partial charge < -0.3 is 10.2 Å². The summed E-state index contributed by atoms with van der Waals surface area (Å²) in [5, 5.41) is 3.63. The van der Waals surface area contributed by atoms with Crippen molar-refractivity contribution in [1.29, 1.82) is 0 Å². The van der Waals surface area contributed by atoms with Gasteiger partial charge in [-0.15, -0.1) is 0 Å². The highest BCUT2D eigenvalue weighted by Gasteiger charge is 2.32. The van der Waals surface area contributed by atoms with E-state index in [4.69, 9.17) is 0 Å². The Balaban J connectivity index is 1.80. The van der Waals surface area contributed by atoms with E-state index in [9.17, 15) is 0 Å². The molecular weight excluding hydrogens is 186 g/mol. The van der Waals surface area contributed by atoms with Gasteiger partial charge in [0.25, 0.3) is 0 Å². The van der Waals surface area contributed by atoms with Gasteiger partial charge in [-0.05, 0) is 31.4 Å². The summed E-state index contributed by atoms with van der Waals surface area (Å²) in [7, 11) is 0. The van der Waals surface area contributed by atoms with E-state index in [2.05, 4.69) is 34.3 Å². The quantitative estimate of drug-likeness (QED) is 0.746. The highest BCUT2D eigenvalue weighted by Crippen LogP contribution is 2.23. The zero-order valence-corrected chi connectivity index (χ0v) is 9.11. The van der Waals surface area contributed by atoms with Gasteiger partial charge in [0, 0.05) is 31.4 Å². The largest absolute Gasteiger partial charge is 0.353 e. The molecule has 0 unspecified atom stereocenters. The molecule has 1 aromatic heterocycles. The first kappa shape index (κ1) is 9.16. The molecule has 2 saturated heterocycles. The Morgan fingerprint density at radius 2 is 2.00 bits per heavy atom. The smallest absolute Gasteiger partial charge is 0.128 e. The number of nitrogens with zero attached hydrogens (tertiary/aromatic N) is 2. The lowest BCUT2D eigenvalue weighted by molar-refractivity contribution is 0.463. The van der Waals surface area contributed by atoms with Crippen LogP contribution in [0, 0.1) is 6.92 Å². The third-order valence-electron chi connectivity index (χ3n) is 3.44. The third kappa shape index (κ3) is 1.72. The van der Waals surface area contributed by atoms with Crippen molar-refractivity contribution < 1.29 is 0 Å². The van der Waals surface area contributed by atoms with Crippen molar-refractivity contribution in [1.82, 2.24) is 10.3 Å². The van der Waals surface area contributed by atoms with Crippen LogP contribution in [0.15, 0.2) is 18.3 Å². The molecule has 2 aliphatic heterocycles. The van der Waals surface area contributed by atoms with Crippen LogP contribution in [-0.2, 0) is 0 Å². The first-order chi connectivity index (χ1) is 7.31. The van der Waals surface area contributed by atoms with Gasteiger partial charge in [-0.3, -0.25) is 0 Å². The van der Waals surface area contributed by atoms with Crippen LogP contribution in [0.2, 0.25) is 0 Å². The number of hydrogen-bond donors (Lipinski definition) is 1. The van der Waals surface area contributed by atoms with Crippen molar-refractivity contribution in [2.45, 2.75) is 31.8 Å². The van der Waals surface area contributed by atoms with Crippen molar-refractivity contribution in [2.75, 3.05) is 18.0 Å². The molecule has 3 heterocycles. The number of fused-ring (bicyclic) bond motifs is 2. The number of anilines is 1. The summed E-state index contributed by atoms with van der Waals surface area (Å²) in [6, 6.07) is 5.66. The molecule has 0 amide bonds. The van der Waals surface area contributed by atoms with E-state index in [0.717, 1.165) is 18.9 Å². The summed E-state index contributed by atoms with van der Waals surface area (Å²) in [6.07, 6.45) is 4.61. The second-order valence-electron chi connectivity index (χ2n) is 4.74. The lowest BCUT2D eigenvalue weighted by Gasteiger charge is -2.33. The molecule has 0 saturated carbocycles. The highest BCUT2D eigenvalue weighted by atomic mass is 15.3. The molecule has 0 radical (unpaired) electrons. The Bertz CT molecular complexity index is 334. The van der Waals surface area contributed by atoms with E-state index in [0.29, 0.717) is 12.1 Å². The zero-order valence-electron chi connectivity index (χ0n) is 9.11. The van der Waals surface area contributed by atoms with E-state index < -0.39 is 0 Å². The van der Waals surface area contributed by atoms with Crippen molar-refractivity contribution in [3.8, 4) is 0 Å². The van der Waals surface area contributed by atoms with Crippen LogP contribution in [0.25, 0.3) is 0 Å². The molecule has 1 N–H and O–H groups in total. The number of pyridine rings is 1. The van der Waals surface area contributed by atoms with Gasteiger partial charge in [-0.1, -0.05) is 6.07 Å². The fourth-order valence-corrected chi connectivity index (χ4v) is 2.63. The van der Waals surface area contributed by atoms with E-state index >= 15 is 0 Å². The van der Waals surface area contributed by atoms with Gasteiger partial charge in [-0.2, -0.15) is 0 Å². The number of aromatic nitrogens is 1. The molecule has 3 nitrogen and oxygen atoms in total. The molecule has 80 valence electrons. The Labute approximate surface area is 90.5 Å². The SMILES string of the molecule is Cc1ccc(N2C[C@H]3CC[C@@H](C2)N3)nc1. The van der Waals surface area contributed by atoms with Crippen LogP contribution in [0.3, 0.4) is 0 Å². The molecule has 0 aliphatic carbocycles. The maximum absolute atomic E-state index is 4.50. The fraction of sp³-hybridized carbons (Fsp3) is 0.583. The monoisotopic (exact) mass is 203 g/mol. The molecule has 3 heteroatoms. The van der Waals surface area contributed by atoms with Crippen LogP contribution in [0.1, 0.15) is 18.4 Å². The average molecular weight is 203 g/mol. The lowest BCUT2D eigenvalue weighted by Crippen LogP contribution is -2.51. The number of aryl methyl sites for hydroxylation is 1. The zero-order chi connectivity index (χ0) is 10.3. The standard InChI is InChI=1S/C12H17N3/c1-9-2-5-12(13-6-9)15-7-10-3-4-11(8-15)14-10/h2,5-6,10-11,14H,3-4,7-8H2,1H3/t10-,11+. The van der Waals surface area contributed by atoms with Crippen LogP contribution < -0.4 is 10.2 Å². The minimum absolute atomic E-state index is 0.687. The molecule has 2 atom stereocenters. The highest BCUT2D eigenvalue weighted by molar-refractivity contribution is 5.41. The van der Waals surface area contributed by atoms with Crippen LogP contribution in [0.4, 0.5) is 5.82 Å². The Morgan fingerprint density at radius 1 is 1.27 bits per heavy atom. The molecule has 15 heavy (non-hydrogen) atoms. The van der Waals surface area contributed by atoms with Crippen molar-refractivity contribution in [3.63, 3.8) is 0 Å². The summed E-state index contributed by atoms with van der Waals surface area (Å²) < 4.78 is 0. The van der Waals surface area contributed by atoms with E-state index in [1.165, 1.54) is 18.4 Å². The van der Waals surface area contributed by atoms with Gasteiger partial charge in [0.1, 0.15) is 5.82 Å². The maximum Gasteiger partial charge on any atom is 0.128 e. The van der Waals surface area contributed by atoms with E-state index in [-0.39, 0.29) is 0 Å². The normalized spacial score (nSPS) is 29.5. The minimum atomic E-state index is 0.687. The topological polar surface area (TPSA) is 28.2 Å². The van der Waals surface area contributed by atoms with E-state index in [1.807, 2.05) is 6.20 Å². The molecule has 0 spiro atoms. The first-order valence-electron chi connectivity index (χ1n) is 5.75. The number of hydrogen-bond acceptors (Lipinski definition) is 3. The molecular formula is C12H17N3. The third-order valence-corrected chi connectivity index (χ3v) is 3.44. The van der Waals surface area contributed by atoms with Crippen LogP contribution in [-0.4, -0.2) is 30.2 Å². The minimum Gasteiger partial charge on any atom is -0.353 e. The molecule has 2 bridgehead atoms. The second kappa shape index (κ2) is 3.49. The fourth-order valence-electron chi connectivity index (χ4n) is 2.63. The summed E-state index contributed by atoms with van der Waals surface area (Å²) in [6.45, 7) is 4.32. The predicted octanol–water partition coefficient (Wildman–Crippen LogP) is 1.33. The molecule has 1 aromatic rings. The number of rotatable bonds is 1. The van der Waals surface area contributed by atoms with Crippen molar-refractivity contribution in [3.05, 3.63) is 23.9 Å². The Kier molecular flexibility index (Phi) is 2.13. The maximum atomic E-state index is 4.50. The van der Waals surface area contributed by atoms with E-state index in [1.54, 1.807) is 0 Å². The van der Waals surface area contributed by atoms with Gasteiger partial charge >= 0.3 is 0 Å². The number of nitrogens with one attached hydrogen (secondary N) is 1. The van der Waals surface area contributed by atoms with Crippen LogP contribution >= 0.6 is 0 Å². The molecule has 2 fully saturated rings. The van der Waals surface area contributed by atoms with Gasteiger partial charge in [0.05, 0.1) is 0 Å². The summed E-state index contributed by atoms with van der Waals surface area (Å²) in [5.74, 6) is 1.14. The number of piperazine rings is 1.